The van der Waals surface area contributed by atoms with Crippen LogP contribution < -0.4 is 0 Å². The molecule has 0 N–H and O–H groups in total. The monoisotopic (exact) mass is 402 g/mol. The van der Waals surface area contributed by atoms with Crippen LogP contribution in [-0.2, 0) is 5.75 Å². The highest BCUT2D eigenvalue weighted by atomic mass is 32.2. The van der Waals surface area contributed by atoms with E-state index in [-0.39, 0.29) is 11.9 Å². The molecule has 7 heteroatoms. The lowest BCUT2D eigenvalue weighted by Crippen LogP contribution is -2.20. The van der Waals surface area contributed by atoms with E-state index in [4.69, 9.17) is 0 Å². The first-order valence-electron chi connectivity index (χ1n) is 8.63. The van der Waals surface area contributed by atoms with Gasteiger partial charge in [-0.2, -0.15) is 0 Å². The molecule has 27 heavy (non-hydrogen) atoms. The second kappa shape index (κ2) is 8.91. The van der Waals surface area contributed by atoms with Crippen molar-refractivity contribution in [1.29, 1.82) is 0 Å². The summed E-state index contributed by atoms with van der Waals surface area (Å²) in [5.41, 5.74) is 2.10. The minimum atomic E-state index is -0.253. The second-order valence-electron chi connectivity index (χ2n) is 6.43. The summed E-state index contributed by atoms with van der Waals surface area (Å²) in [6.45, 7) is 2.08. The number of thioether (sulfide) groups is 2. The predicted molar refractivity (Wildman–Crippen MR) is 111 cm³/mol. The normalized spacial score (nSPS) is 12.5. The number of hydrogen-bond donors (Lipinski definition) is 0. The highest BCUT2D eigenvalue weighted by Gasteiger charge is 2.21. The highest BCUT2D eigenvalue weighted by molar-refractivity contribution is 7.98. The van der Waals surface area contributed by atoms with Gasteiger partial charge in [0.2, 0.25) is 0 Å². The molecule has 0 aliphatic rings. The van der Waals surface area contributed by atoms with Crippen molar-refractivity contribution in [2.24, 2.45) is 0 Å². The van der Waals surface area contributed by atoms with Crippen LogP contribution in [0.2, 0.25) is 0 Å². The van der Waals surface area contributed by atoms with Gasteiger partial charge in [-0.3, -0.25) is 9.47 Å². The third-order valence-electron chi connectivity index (χ3n) is 4.42. The molecule has 0 aliphatic heterocycles. The van der Waals surface area contributed by atoms with Gasteiger partial charge in [0.25, 0.3) is 0 Å². The fourth-order valence-electron chi connectivity index (χ4n) is 2.58. The van der Waals surface area contributed by atoms with Crippen molar-refractivity contribution in [1.82, 2.24) is 19.7 Å². The summed E-state index contributed by atoms with van der Waals surface area (Å²) in [5.74, 6) is 1.38. The molecule has 0 amide bonds. The first-order valence-corrected chi connectivity index (χ1v) is 10.8. The van der Waals surface area contributed by atoms with Crippen LogP contribution in [0.4, 0.5) is 4.39 Å². The van der Waals surface area contributed by atoms with Crippen molar-refractivity contribution in [3.05, 3.63) is 65.7 Å². The smallest absolute Gasteiger partial charge is 0.196 e. The van der Waals surface area contributed by atoms with E-state index in [1.165, 1.54) is 22.6 Å². The van der Waals surface area contributed by atoms with Gasteiger partial charge >= 0.3 is 0 Å². The molecule has 0 fully saturated rings. The Morgan fingerprint density at radius 3 is 2.30 bits per heavy atom. The lowest BCUT2D eigenvalue weighted by Gasteiger charge is -2.20. The fraction of sp³-hybridized carbons (Fsp3) is 0.300. The van der Waals surface area contributed by atoms with Crippen molar-refractivity contribution in [2.75, 3.05) is 20.4 Å². The van der Waals surface area contributed by atoms with Crippen molar-refractivity contribution in [2.45, 2.75) is 28.8 Å². The molecule has 1 atom stereocenters. The Morgan fingerprint density at radius 2 is 1.70 bits per heavy atom. The van der Waals surface area contributed by atoms with Gasteiger partial charge in [-0.1, -0.05) is 23.9 Å². The Balaban J connectivity index is 1.90. The molecule has 0 saturated carbocycles. The van der Waals surface area contributed by atoms with Crippen molar-refractivity contribution >= 4 is 23.5 Å². The third kappa shape index (κ3) is 4.72. The van der Waals surface area contributed by atoms with Crippen LogP contribution in [0.1, 0.15) is 24.4 Å². The topological polar surface area (TPSA) is 34.0 Å². The molecule has 0 aliphatic carbocycles. The lowest BCUT2D eigenvalue weighted by molar-refractivity contribution is 0.305. The molecule has 3 aromatic rings. The number of aromatic nitrogens is 3. The lowest BCUT2D eigenvalue weighted by atomic mass is 10.2. The maximum Gasteiger partial charge on any atom is 0.196 e. The van der Waals surface area contributed by atoms with Gasteiger partial charge in [0.15, 0.2) is 11.0 Å². The third-order valence-corrected chi connectivity index (χ3v) is 6.16. The summed E-state index contributed by atoms with van der Waals surface area (Å²) in [6.07, 6.45) is 2.07. The molecule has 1 heterocycles. The first-order chi connectivity index (χ1) is 13.0. The number of rotatable bonds is 7. The first kappa shape index (κ1) is 19.9. The Kier molecular flexibility index (Phi) is 6.57. The Bertz CT molecular complexity index is 876. The number of benzene rings is 2. The zero-order chi connectivity index (χ0) is 19.4. The van der Waals surface area contributed by atoms with Crippen LogP contribution in [0.5, 0.6) is 0 Å². The minimum Gasteiger partial charge on any atom is -0.300 e. The van der Waals surface area contributed by atoms with Crippen LogP contribution in [0, 0.1) is 5.82 Å². The molecule has 0 bridgehead atoms. The zero-order valence-corrected chi connectivity index (χ0v) is 17.5. The van der Waals surface area contributed by atoms with Crippen molar-refractivity contribution in [3.8, 4) is 5.69 Å². The molecule has 0 spiro atoms. The molecule has 3 rings (SSSR count). The van der Waals surface area contributed by atoms with Gasteiger partial charge in [-0.25, -0.2) is 4.39 Å². The molecular formula is C20H23FN4S2. The van der Waals surface area contributed by atoms with Gasteiger partial charge in [0.05, 0.1) is 6.04 Å². The summed E-state index contributed by atoms with van der Waals surface area (Å²) in [5, 5.41) is 9.65. The minimum absolute atomic E-state index is 0.0813. The van der Waals surface area contributed by atoms with Crippen molar-refractivity contribution in [3.63, 3.8) is 0 Å². The van der Waals surface area contributed by atoms with E-state index in [9.17, 15) is 4.39 Å². The average molecular weight is 403 g/mol. The fourth-order valence-corrected chi connectivity index (χ4v) is 3.90. The highest BCUT2D eigenvalue weighted by Crippen LogP contribution is 2.29. The molecule has 0 radical (unpaired) electrons. The van der Waals surface area contributed by atoms with Crippen LogP contribution in [0.25, 0.3) is 5.69 Å². The van der Waals surface area contributed by atoms with Gasteiger partial charge in [-0.15, -0.1) is 22.0 Å². The van der Waals surface area contributed by atoms with Gasteiger partial charge in [-0.05, 0) is 69.2 Å². The number of hydrogen-bond acceptors (Lipinski definition) is 5. The van der Waals surface area contributed by atoms with E-state index >= 15 is 0 Å². The van der Waals surface area contributed by atoms with Gasteiger partial charge in [0, 0.05) is 16.3 Å². The number of halogens is 1. The maximum atomic E-state index is 13.4. The molecule has 142 valence electrons. The average Bonchev–Trinajstić information content (AvgIpc) is 3.10. The summed E-state index contributed by atoms with van der Waals surface area (Å²) < 4.78 is 15.4. The van der Waals surface area contributed by atoms with E-state index in [0.29, 0.717) is 0 Å². The molecular weight excluding hydrogens is 379 g/mol. The molecule has 4 nitrogen and oxygen atoms in total. The molecule has 0 saturated heterocycles. The summed E-state index contributed by atoms with van der Waals surface area (Å²) in [7, 11) is 4.02. The summed E-state index contributed by atoms with van der Waals surface area (Å²) in [6, 6.07) is 15.1. The van der Waals surface area contributed by atoms with E-state index in [0.717, 1.165) is 22.4 Å². The zero-order valence-electron chi connectivity index (χ0n) is 15.9. The van der Waals surface area contributed by atoms with Crippen LogP contribution in [-0.4, -0.2) is 40.0 Å². The van der Waals surface area contributed by atoms with Crippen molar-refractivity contribution < 1.29 is 4.39 Å². The quantitative estimate of drug-likeness (QED) is 0.517. The Morgan fingerprint density at radius 1 is 1.04 bits per heavy atom. The SMILES string of the molecule is CSc1ccc(CSc2nnc([C@H](C)N(C)C)n2-c2ccc(F)cc2)cc1. The largest absolute Gasteiger partial charge is 0.300 e. The predicted octanol–water partition coefficient (Wildman–Crippen LogP) is 5.04. The Labute approximate surface area is 168 Å². The number of nitrogens with zero attached hydrogens (tertiary/aromatic N) is 4. The van der Waals surface area contributed by atoms with Gasteiger partial charge in [0.1, 0.15) is 5.82 Å². The second-order valence-corrected chi connectivity index (χ2v) is 8.25. The van der Waals surface area contributed by atoms with Gasteiger partial charge < -0.3 is 0 Å². The van der Waals surface area contributed by atoms with Crippen LogP contribution in [0.3, 0.4) is 0 Å². The van der Waals surface area contributed by atoms with E-state index in [1.54, 1.807) is 35.7 Å². The van der Waals surface area contributed by atoms with Crippen LogP contribution in [0.15, 0.2) is 58.6 Å². The van der Waals surface area contributed by atoms with E-state index in [2.05, 4.69) is 52.5 Å². The maximum absolute atomic E-state index is 13.4. The van der Waals surface area contributed by atoms with E-state index in [1.807, 2.05) is 18.7 Å². The Hall–Kier alpha value is -1.83. The molecule has 1 aromatic heterocycles. The summed E-state index contributed by atoms with van der Waals surface area (Å²) >= 11 is 3.37. The molecule has 2 aromatic carbocycles. The summed E-state index contributed by atoms with van der Waals surface area (Å²) in [4.78, 5) is 3.33. The molecule has 0 unspecified atom stereocenters. The van der Waals surface area contributed by atoms with E-state index < -0.39 is 0 Å². The standard InChI is InChI=1S/C20H23FN4S2/c1-14(24(2)3)19-22-23-20(25(19)17-9-7-16(21)8-10-17)27-13-15-5-11-18(26-4)12-6-15/h5-12,14H,13H2,1-4H3/t14-/m0/s1. The van der Waals surface area contributed by atoms with Crippen LogP contribution >= 0.6 is 23.5 Å².